The smallest absolute Gasteiger partial charge is 0.273 e. The molecule has 20 heavy (non-hydrogen) atoms. The molecule has 3 N–H and O–H groups in total. The van der Waals surface area contributed by atoms with Crippen LogP contribution in [0.3, 0.4) is 0 Å². The van der Waals surface area contributed by atoms with Crippen molar-refractivity contribution in [3.05, 3.63) is 46.1 Å². The zero-order chi connectivity index (χ0) is 14.9. The van der Waals surface area contributed by atoms with Crippen molar-refractivity contribution in [2.75, 3.05) is 12.8 Å². The van der Waals surface area contributed by atoms with Crippen LogP contribution < -0.4 is 16.0 Å². The molecular formula is C12H10ClFN4O2. The van der Waals surface area contributed by atoms with E-state index in [1.54, 1.807) is 0 Å². The number of anilines is 1. The Balaban J connectivity index is 2.80. The summed E-state index contributed by atoms with van der Waals surface area (Å²) in [5.41, 5.74) is 4.56. The highest BCUT2D eigenvalue weighted by Gasteiger charge is 2.17. The predicted octanol–water partition coefficient (Wildman–Crippen LogP) is 1.53. The summed E-state index contributed by atoms with van der Waals surface area (Å²) in [6.45, 7) is 0. The number of ether oxygens (including phenoxy) is 1. The molecule has 104 valence electrons. The molecule has 0 bridgehead atoms. The fourth-order valence-electron chi connectivity index (χ4n) is 1.67. The van der Waals surface area contributed by atoms with Crippen LogP contribution in [0.15, 0.2) is 29.1 Å². The van der Waals surface area contributed by atoms with Gasteiger partial charge in [0.25, 0.3) is 5.56 Å². The highest BCUT2D eigenvalue weighted by atomic mass is 35.5. The van der Waals surface area contributed by atoms with Crippen LogP contribution in [0.2, 0.25) is 0 Å². The molecule has 0 amide bonds. The summed E-state index contributed by atoms with van der Waals surface area (Å²) in [7, 11) is 1.34. The highest BCUT2D eigenvalue weighted by molar-refractivity contribution is 6.68. The number of aromatic nitrogens is 2. The van der Waals surface area contributed by atoms with Crippen molar-refractivity contribution in [1.82, 2.24) is 9.78 Å². The lowest BCUT2D eigenvalue weighted by molar-refractivity contribution is 0.406. The molecule has 0 aliphatic carbocycles. The second-order valence-electron chi connectivity index (χ2n) is 3.80. The van der Waals surface area contributed by atoms with Crippen molar-refractivity contribution < 1.29 is 9.13 Å². The minimum Gasteiger partial charge on any atom is -0.494 e. The average molecular weight is 297 g/mol. The first kappa shape index (κ1) is 14.0. The number of para-hydroxylation sites is 1. The van der Waals surface area contributed by atoms with Gasteiger partial charge in [-0.2, -0.15) is 9.78 Å². The maximum atomic E-state index is 13.9. The van der Waals surface area contributed by atoms with Crippen molar-refractivity contribution in [3.63, 3.8) is 0 Å². The molecule has 1 heterocycles. The molecule has 0 radical (unpaired) electrons. The van der Waals surface area contributed by atoms with Gasteiger partial charge in [-0.3, -0.25) is 10.2 Å². The lowest BCUT2D eigenvalue weighted by Crippen LogP contribution is -2.25. The number of nitrogen functional groups attached to an aromatic ring is 1. The van der Waals surface area contributed by atoms with Gasteiger partial charge >= 0.3 is 0 Å². The number of nitrogens with one attached hydrogen (secondary N) is 1. The average Bonchev–Trinajstić information content (AvgIpc) is 2.39. The summed E-state index contributed by atoms with van der Waals surface area (Å²) in [6, 6.07) is 5.10. The van der Waals surface area contributed by atoms with Crippen LogP contribution >= 0.6 is 11.6 Å². The van der Waals surface area contributed by atoms with Gasteiger partial charge in [-0.15, -0.1) is 0 Å². The maximum absolute atomic E-state index is 13.9. The van der Waals surface area contributed by atoms with E-state index in [0.717, 1.165) is 16.8 Å². The summed E-state index contributed by atoms with van der Waals surface area (Å²) in [4.78, 5) is 11.9. The highest BCUT2D eigenvalue weighted by Crippen LogP contribution is 2.24. The van der Waals surface area contributed by atoms with E-state index in [2.05, 4.69) is 5.10 Å². The Kier molecular flexibility index (Phi) is 3.71. The van der Waals surface area contributed by atoms with Gasteiger partial charge in [0.15, 0.2) is 11.0 Å². The van der Waals surface area contributed by atoms with Crippen LogP contribution in [-0.2, 0) is 0 Å². The van der Waals surface area contributed by atoms with Gasteiger partial charge in [0.2, 0.25) is 0 Å². The molecule has 0 saturated heterocycles. The lowest BCUT2D eigenvalue weighted by Gasteiger charge is -2.12. The minimum atomic E-state index is -0.698. The largest absolute Gasteiger partial charge is 0.494 e. The van der Waals surface area contributed by atoms with Crippen molar-refractivity contribution in [1.29, 1.82) is 5.41 Å². The van der Waals surface area contributed by atoms with E-state index in [1.165, 1.54) is 19.2 Å². The predicted molar refractivity (Wildman–Crippen MR) is 73.4 cm³/mol. The fourth-order valence-corrected chi connectivity index (χ4v) is 1.81. The van der Waals surface area contributed by atoms with E-state index in [4.69, 9.17) is 27.5 Å². The third-order valence-electron chi connectivity index (χ3n) is 2.55. The topological polar surface area (TPSA) is 94.0 Å². The molecule has 6 nitrogen and oxygen atoms in total. The third-order valence-corrected chi connectivity index (χ3v) is 2.73. The Hall–Kier alpha value is -2.41. The Morgan fingerprint density at radius 3 is 2.85 bits per heavy atom. The molecular weight excluding hydrogens is 287 g/mol. The molecule has 1 aromatic carbocycles. The second kappa shape index (κ2) is 5.30. The Morgan fingerprint density at radius 2 is 2.25 bits per heavy atom. The van der Waals surface area contributed by atoms with E-state index in [0.29, 0.717) is 0 Å². The summed E-state index contributed by atoms with van der Waals surface area (Å²) < 4.78 is 19.7. The Bertz CT molecular complexity index is 745. The molecule has 0 atom stereocenters. The zero-order valence-electron chi connectivity index (χ0n) is 10.4. The molecule has 2 rings (SSSR count). The van der Waals surface area contributed by atoms with E-state index >= 15 is 0 Å². The number of hydrogen-bond acceptors (Lipinski definition) is 5. The summed E-state index contributed by atoms with van der Waals surface area (Å²) in [6.07, 6.45) is 0. The number of halogens is 2. The van der Waals surface area contributed by atoms with E-state index in [1.807, 2.05) is 0 Å². The van der Waals surface area contributed by atoms with Crippen molar-refractivity contribution in [2.24, 2.45) is 0 Å². The fraction of sp³-hybridized carbons (Fsp3) is 0.0833. The normalized spacial score (nSPS) is 10.3. The van der Waals surface area contributed by atoms with Crippen LogP contribution in [-0.4, -0.2) is 22.1 Å². The summed E-state index contributed by atoms with van der Waals surface area (Å²) in [5.74, 6) is -0.577. The van der Waals surface area contributed by atoms with Crippen LogP contribution in [0.1, 0.15) is 5.69 Å². The van der Waals surface area contributed by atoms with Gasteiger partial charge in [-0.25, -0.2) is 4.39 Å². The monoisotopic (exact) mass is 296 g/mol. The molecule has 1 aromatic heterocycles. The molecule has 8 heteroatoms. The van der Waals surface area contributed by atoms with Gasteiger partial charge in [-0.05, 0) is 12.1 Å². The number of rotatable bonds is 3. The first-order valence-corrected chi connectivity index (χ1v) is 5.80. The number of benzene rings is 1. The first-order chi connectivity index (χ1) is 9.45. The number of methoxy groups -OCH3 is 1. The molecule has 0 spiro atoms. The van der Waals surface area contributed by atoms with E-state index in [9.17, 15) is 9.18 Å². The van der Waals surface area contributed by atoms with Crippen molar-refractivity contribution in [3.8, 4) is 11.4 Å². The van der Waals surface area contributed by atoms with Crippen LogP contribution in [0.25, 0.3) is 5.69 Å². The van der Waals surface area contributed by atoms with Crippen LogP contribution in [0.5, 0.6) is 5.75 Å². The van der Waals surface area contributed by atoms with Gasteiger partial charge in [-0.1, -0.05) is 17.7 Å². The maximum Gasteiger partial charge on any atom is 0.273 e. The SMILES string of the molecule is COc1cccc(F)c1-n1nc(C(=N)Cl)c(N)cc1=O. The number of hydrogen-bond donors (Lipinski definition) is 2. The van der Waals surface area contributed by atoms with Gasteiger partial charge < -0.3 is 10.5 Å². The van der Waals surface area contributed by atoms with Crippen molar-refractivity contribution >= 4 is 22.5 Å². The van der Waals surface area contributed by atoms with Gasteiger partial charge in [0, 0.05) is 6.07 Å². The molecule has 0 unspecified atom stereocenters. The quantitative estimate of drug-likeness (QED) is 0.840. The first-order valence-electron chi connectivity index (χ1n) is 5.43. The third kappa shape index (κ3) is 2.35. The minimum absolute atomic E-state index is 0.0541. The second-order valence-corrected chi connectivity index (χ2v) is 4.18. The van der Waals surface area contributed by atoms with E-state index < -0.39 is 16.5 Å². The van der Waals surface area contributed by atoms with Crippen molar-refractivity contribution in [2.45, 2.75) is 0 Å². The molecule has 2 aromatic rings. The van der Waals surface area contributed by atoms with Crippen LogP contribution in [0, 0.1) is 11.2 Å². The molecule has 0 saturated carbocycles. The number of nitrogens with two attached hydrogens (primary N) is 1. The molecule has 0 aliphatic heterocycles. The Labute approximate surface area is 118 Å². The number of nitrogens with zero attached hydrogens (tertiary/aromatic N) is 2. The summed E-state index contributed by atoms with van der Waals surface area (Å²) >= 11 is 5.53. The molecule has 0 fully saturated rings. The lowest BCUT2D eigenvalue weighted by atomic mass is 10.2. The zero-order valence-corrected chi connectivity index (χ0v) is 11.1. The molecule has 0 aliphatic rings. The standard InChI is InChI=1S/C12H10ClFN4O2/c1-20-8-4-2-3-6(14)11(8)18-9(19)5-7(15)10(17-18)12(13)16/h2-5,16H,15H2,1H3. The van der Waals surface area contributed by atoms with Gasteiger partial charge in [0.1, 0.15) is 17.1 Å². The van der Waals surface area contributed by atoms with E-state index in [-0.39, 0.29) is 22.8 Å². The Morgan fingerprint density at radius 1 is 1.55 bits per heavy atom. The van der Waals surface area contributed by atoms with Crippen LogP contribution in [0.4, 0.5) is 10.1 Å². The summed E-state index contributed by atoms with van der Waals surface area (Å²) in [5, 5.41) is 10.7. The van der Waals surface area contributed by atoms with Gasteiger partial charge in [0.05, 0.1) is 12.8 Å².